The van der Waals surface area contributed by atoms with Gasteiger partial charge in [0, 0.05) is 37.8 Å². The first kappa shape index (κ1) is 41.3. The Labute approximate surface area is 309 Å². The van der Waals surface area contributed by atoms with Crippen LogP contribution in [-0.2, 0) is 16.2 Å². The van der Waals surface area contributed by atoms with Gasteiger partial charge >= 0.3 is 6.36 Å². The Morgan fingerprint density at radius 2 is 1.77 bits per heavy atom. The third-order valence-corrected chi connectivity index (χ3v) is 9.22. The largest absolute Gasteiger partial charge is 0.544 e. The van der Waals surface area contributed by atoms with E-state index in [4.69, 9.17) is 20.5 Å². The van der Waals surface area contributed by atoms with E-state index in [1.807, 2.05) is 58.9 Å². The number of likely N-dealkylation sites (tertiary alicyclic amines) is 1. The summed E-state index contributed by atoms with van der Waals surface area (Å²) in [5.74, 6) is -0.161. The van der Waals surface area contributed by atoms with Gasteiger partial charge in [0.25, 0.3) is 5.91 Å². The van der Waals surface area contributed by atoms with E-state index >= 15 is 0 Å². The summed E-state index contributed by atoms with van der Waals surface area (Å²) < 4.78 is 67.3. The molecule has 3 aromatic carbocycles. The van der Waals surface area contributed by atoms with Crippen LogP contribution in [0.4, 0.5) is 28.9 Å². The second-order valence-corrected chi connectivity index (χ2v) is 13.6. The number of hydroxylamine groups is 1. The molecule has 2 aliphatic heterocycles. The number of amides is 1. The summed E-state index contributed by atoms with van der Waals surface area (Å²) in [5, 5.41) is 12.6. The van der Waals surface area contributed by atoms with Crippen molar-refractivity contribution >= 4 is 17.3 Å². The van der Waals surface area contributed by atoms with Crippen LogP contribution in [0.15, 0.2) is 60.7 Å². The maximum atomic E-state index is 14.3. The predicted molar refractivity (Wildman–Crippen MR) is 196 cm³/mol. The number of carbonyl (C=O) groups excluding carboxylic acids is 1. The number of carbonyl (C=O) groups is 1. The molecule has 3 aromatic rings. The second kappa shape index (κ2) is 18.1. The van der Waals surface area contributed by atoms with Crippen LogP contribution in [0, 0.1) is 17.1 Å². The number of fused-ring (bicyclic) bond motifs is 1. The SMILES string of the molecule is CC.CC(CN)OC(C)(C)CNC(=O)c1ccc2c(c1)N(OC(F)(F)F)C(CN1CCC(c3cccc(OCc4ccc(C#N)cc4F)c3)CC1)N2C. The summed E-state index contributed by atoms with van der Waals surface area (Å²) in [6.07, 6.45) is -4.43. The summed E-state index contributed by atoms with van der Waals surface area (Å²) in [6, 6.07) is 18.4. The zero-order valence-electron chi connectivity index (χ0n) is 31.2. The van der Waals surface area contributed by atoms with Crippen molar-refractivity contribution in [1.29, 1.82) is 5.26 Å². The lowest BCUT2D eigenvalue weighted by atomic mass is 9.89. The molecule has 0 radical (unpaired) electrons. The fourth-order valence-corrected chi connectivity index (χ4v) is 6.50. The Hall–Kier alpha value is -4.42. The number of nitrogens with zero attached hydrogens (tertiary/aromatic N) is 4. The highest BCUT2D eigenvalue weighted by molar-refractivity contribution is 5.97. The van der Waals surface area contributed by atoms with Crippen molar-refractivity contribution in [2.75, 3.05) is 49.7 Å². The topological polar surface area (TPSA) is 116 Å². The van der Waals surface area contributed by atoms with Gasteiger partial charge in [0.05, 0.1) is 34.7 Å². The molecule has 2 heterocycles. The lowest BCUT2D eigenvalue weighted by Crippen LogP contribution is -2.52. The van der Waals surface area contributed by atoms with Gasteiger partial charge in [0.1, 0.15) is 24.3 Å². The number of likely N-dealkylation sites (N-methyl/N-ethyl adjacent to an activating group) is 1. The molecular formula is C39H50F4N6O4. The number of nitriles is 1. The average molecular weight is 743 g/mol. The predicted octanol–water partition coefficient (Wildman–Crippen LogP) is 7.09. The lowest BCUT2D eigenvalue weighted by Gasteiger charge is -2.38. The van der Waals surface area contributed by atoms with Crippen LogP contribution >= 0.6 is 0 Å². The van der Waals surface area contributed by atoms with Crippen LogP contribution in [0.1, 0.15) is 80.4 Å². The van der Waals surface area contributed by atoms with Crippen LogP contribution in [0.2, 0.25) is 0 Å². The Morgan fingerprint density at radius 1 is 1.06 bits per heavy atom. The summed E-state index contributed by atoms with van der Waals surface area (Å²) >= 11 is 0. The molecule has 0 aliphatic carbocycles. The Bertz CT molecular complexity index is 1720. The number of halogens is 4. The van der Waals surface area contributed by atoms with Crippen LogP contribution < -0.4 is 25.8 Å². The summed E-state index contributed by atoms with van der Waals surface area (Å²) in [7, 11) is 1.71. The van der Waals surface area contributed by atoms with Crippen molar-refractivity contribution in [2.24, 2.45) is 5.73 Å². The minimum Gasteiger partial charge on any atom is -0.489 e. The number of anilines is 2. The smallest absolute Gasteiger partial charge is 0.489 e. The number of nitrogens with one attached hydrogen (secondary N) is 1. The van der Waals surface area contributed by atoms with Crippen LogP contribution in [0.3, 0.4) is 0 Å². The number of alkyl halides is 3. The van der Waals surface area contributed by atoms with E-state index in [-0.39, 0.29) is 48.5 Å². The summed E-state index contributed by atoms with van der Waals surface area (Å²) in [5.41, 5.74) is 7.44. The highest BCUT2D eigenvalue weighted by Crippen LogP contribution is 2.42. The molecule has 2 aliphatic rings. The molecule has 0 spiro atoms. The normalized spacial score (nSPS) is 17.1. The number of nitrogens with two attached hydrogens (primary N) is 1. The first-order valence-electron chi connectivity index (χ1n) is 17.9. The fraction of sp³-hybridized carbons (Fsp3) is 0.487. The molecule has 10 nitrogen and oxygen atoms in total. The summed E-state index contributed by atoms with van der Waals surface area (Å²) in [4.78, 5) is 21.5. The van der Waals surface area contributed by atoms with E-state index in [2.05, 4.69) is 15.1 Å². The zero-order valence-corrected chi connectivity index (χ0v) is 31.2. The van der Waals surface area contributed by atoms with Crippen molar-refractivity contribution in [1.82, 2.24) is 10.2 Å². The molecule has 2 atom stereocenters. The van der Waals surface area contributed by atoms with Crippen LogP contribution in [0.5, 0.6) is 5.75 Å². The minimum atomic E-state index is -4.95. The molecule has 14 heteroatoms. The first-order chi connectivity index (χ1) is 25.2. The number of rotatable bonds is 13. The average Bonchev–Trinajstić information content (AvgIpc) is 3.38. The number of benzene rings is 3. The van der Waals surface area contributed by atoms with Gasteiger partial charge in [0.2, 0.25) is 0 Å². The first-order valence-corrected chi connectivity index (χ1v) is 17.9. The Balaban J connectivity index is 0.00000308. The van der Waals surface area contributed by atoms with Gasteiger partial charge in [0.15, 0.2) is 0 Å². The van der Waals surface area contributed by atoms with Crippen LogP contribution in [0.25, 0.3) is 0 Å². The van der Waals surface area contributed by atoms with Gasteiger partial charge in [-0.05, 0) is 101 Å². The maximum Gasteiger partial charge on any atom is 0.544 e. The number of piperidine rings is 1. The Kier molecular flexibility index (Phi) is 14.1. The Morgan fingerprint density at radius 3 is 2.42 bits per heavy atom. The maximum absolute atomic E-state index is 14.3. The number of hydrogen-bond acceptors (Lipinski definition) is 9. The molecule has 53 heavy (non-hydrogen) atoms. The van der Waals surface area contributed by atoms with E-state index < -0.39 is 29.9 Å². The highest BCUT2D eigenvalue weighted by atomic mass is 19.4. The van der Waals surface area contributed by atoms with Crippen molar-refractivity contribution < 1.29 is 36.7 Å². The van der Waals surface area contributed by atoms with E-state index in [9.17, 15) is 22.4 Å². The molecule has 1 amide bonds. The van der Waals surface area contributed by atoms with Gasteiger partial charge in [-0.1, -0.05) is 32.0 Å². The van der Waals surface area contributed by atoms with Gasteiger partial charge in [-0.2, -0.15) is 10.1 Å². The third-order valence-electron chi connectivity index (χ3n) is 9.22. The minimum absolute atomic E-state index is 0.0150. The third kappa shape index (κ3) is 11.1. The van der Waals surface area contributed by atoms with E-state index in [0.29, 0.717) is 36.6 Å². The second-order valence-electron chi connectivity index (χ2n) is 13.6. The van der Waals surface area contributed by atoms with Crippen molar-refractivity contribution in [3.63, 3.8) is 0 Å². The van der Waals surface area contributed by atoms with Crippen molar-refractivity contribution in [2.45, 2.75) is 84.2 Å². The monoisotopic (exact) mass is 742 g/mol. The van der Waals surface area contributed by atoms with Crippen molar-refractivity contribution in [3.05, 3.63) is 88.7 Å². The fourth-order valence-electron chi connectivity index (χ4n) is 6.50. The van der Waals surface area contributed by atoms with Crippen LogP contribution in [-0.4, -0.2) is 74.8 Å². The number of hydrogen-bond donors (Lipinski definition) is 2. The molecule has 0 bridgehead atoms. The van der Waals surface area contributed by atoms with Gasteiger partial charge in [-0.15, -0.1) is 13.2 Å². The molecule has 1 fully saturated rings. The molecule has 0 saturated carbocycles. The van der Waals surface area contributed by atoms with E-state index in [0.717, 1.165) is 23.5 Å². The molecule has 1 saturated heterocycles. The number of ether oxygens (including phenoxy) is 2. The van der Waals surface area contributed by atoms with Gasteiger partial charge in [-0.3, -0.25) is 9.69 Å². The van der Waals surface area contributed by atoms with Crippen molar-refractivity contribution in [3.8, 4) is 11.8 Å². The molecule has 2 unspecified atom stereocenters. The zero-order chi connectivity index (χ0) is 38.9. The quantitative estimate of drug-likeness (QED) is 0.177. The van der Waals surface area contributed by atoms with E-state index in [1.54, 1.807) is 36.2 Å². The molecular weight excluding hydrogens is 692 g/mol. The highest BCUT2D eigenvalue weighted by Gasteiger charge is 2.44. The molecule has 288 valence electrons. The molecule has 5 rings (SSSR count). The lowest BCUT2D eigenvalue weighted by molar-refractivity contribution is -0.332. The standard InChI is InChI=1S/C37H44F4N6O4.C2H6/c1-24(19-42)50-36(2,3)23-44-35(48)28-10-11-32-33(18-28)47(51-37(39,40)41)34(45(32)4)21-46-14-12-26(13-15-46)27-6-5-7-30(17-27)49-22-29-9-8-25(20-43)16-31(29)38;1-2/h5-11,16-18,24,26,34H,12-15,19,21-23,42H2,1-4H3,(H,44,48);1-2H3. The van der Waals surface area contributed by atoms with E-state index in [1.165, 1.54) is 18.2 Å². The summed E-state index contributed by atoms with van der Waals surface area (Å²) in [6.45, 7) is 11.5. The van der Waals surface area contributed by atoms with Gasteiger partial charge in [-0.25, -0.2) is 9.45 Å². The molecule has 0 aromatic heterocycles. The van der Waals surface area contributed by atoms with Gasteiger partial charge < -0.3 is 25.4 Å². The molecule has 3 N–H and O–H groups in total.